The van der Waals surface area contributed by atoms with Crippen LogP contribution in [0.3, 0.4) is 0 Å². The number of aromatic nitrogens is 1. The normalized spacial score (nSPS) is 10.9. The molecule has 1 heterocycles. The molecule has 0 N–H and O–H groups in total. The van der Waals surface area contributed by atoms with Crippen LogP contribution < -0.4 is 0 Å². The van der Waals surface area contributed by atoms with Gasteiger partial charge in [-0.2, -0.15) is 4.39 Å². The summed E-state index contributed by atoms with van der Waals surface area (Å²) in [5, 5.41) is -0.437. The average molecular weight is 230 g/mol. The minimum atomic E-state index is -2.75. The number of hydrogen-bond donors (Lipinski definition) is 0. The van der Waals surface area contributed by atoms with E-state index in [1.54, 1.807) is 0 Å². The van der Waals surface area contributed by atoms with Gasteiger partial charge in [-0.15, -0.1) is 11.6 Å². The first kappa shape index (κ1) is 10.6. The summed E-state index contributed by atoms with van der Waals surface area (Å²) >= 11 is 10.7. The van der Waals surface area contributed by atoms with E-state index in [1.807, 2.05) is 0 Å². The lowest BCUT2D eigenvalue weighted by Crippen LogP contribution is -1.98. The standard InChI is InChI=1S/C7H4Cl2F3N/c8-1-3-4(6(10)11)2-13-7(12)5(3)9/h2,6H,1H2. The van der Waals surface area contributed by atoms with Gasteiger partial charge in [0.15, 0.2) is 0 Å². The monoisotopic (exact) mass is 229 g/mol. The van der Waals surface area contributed by atoms with Crippen molar-refractivity contribution in [2.75, 3.05) is 0 Å². The summed E-state index contributed by atoms with van der Waals surface area (Å²) in [5.41, 5.74) is -0.535. The zero-order valence-electron chi connectivity index (χ0n) is 6.20. The Morgan fingerprint density at radius 3 is 2.54 bits per heavy atom. The summed E-state index contributed by atoms with van der Waals surface area (Å²) in [4.78, 5) is 3.07. The van der Waals surface area contributed by atoms with Crippen LogP contribution in [0.4, 0.5) is 13.2 Å². The minimum absolute atomic E-state index is 0.106. The molecule has 0 radical (unpaired) electrons. The molecule has 1 rings (SSSR count). The number of alkyl halides is 3. The fourth-order valence-electron chi connectivity index (χ4n) is 0.836. The largest absolute Gasteiger partial charge is 0.265 e. The molecule has 0 aliphatic rings. The third-order valence-corrected chi connectivity index (χ3v) is 2.13. The predicted molar refractivity (Wildman–Crippen MR) is 43.7 cm³/mol. The fourth-order valence-corrected chi connectivity index (χ4v) is 1.42. The van der Waals surface area contributed by atoms with E-state index in [0.29, 0.717) is 0 Å². The second-order valence-electron chi connectivity index (χ2n) is 2.23. The Morgan fingerprint density at radius 1 is 1.46 bits per heavy atom. The van der Waals surface area contributed by atoms with Crippen molar-refractivity contribution in [3.8, 4) is 0 Å². The molecule has 72 valence electrons. The highest BCUT2D eigenvalue weighted by Gasteiger charge is 2.18. The van der Waals surface area contributed by atoms with Gasteiger partial charge in [0.1, 0.15) is 5.02 Å². The third-order valence-electron chi connectivity index (χ3n) is 1.48. The first-order valence-electron chi connectivity index (χ1n) is 3.24. The van der Waals surface area contributed by atoms with E-state index in [4.69, 9.17) is 23.2 Å². The van der Waals surface area contributed by atoms with Crippen LogP contribution in [-0.4, -0.2) is 4.98 Å². The van der Waals surface area contributed by atoms with Gasteiger partial charge in [0, 0.05) is 23.2 Å². The molecule has 0 unspecified atom stereocenters. The van der Waals surface area contributed by atoms with Crippen molar-refractivity contribution in [3.05, 3.63) is 28.3 Å². The van der Waals surface area contributed by atoms with Crippen LogP contribution in [0.5, 0.6) is 0 Å². The lowest BCUT2D eigenvalue weighted by Gasteiger charge is -2.07. The Kier molecular flexibility index (Phi) is 3.39. The first-order chi connectivity index (χ1) is 6.07. The van der Waals surface area contributed by atoms with Crippen molar-refractivity contribution < 1.29 is 13.2 Å². The highest BCUT2D eigenvalue weighted by molar-refractivity contribution is 6.32. The van der Waals surface area contributed by atoms with E-state index in [0.717, 1.165) is 6.20 Å². The molecule has 0 aromatic carbocycles. The molecule has 6 heteroatoms. The van der Waals surface area contributed by atoms with Crippen LogP contribution >= 0.6 is 23.2 Å². The van der Waals surface area contributed by atoms with Gasteiger partial charge >= 0.3 is 0 Å². The number of nitrogens with zero attached hydrogens (tertiary/aromatic N) is 1. The van der Waals surface area contributed by atoms with Crippen molar-refractivity contribution in [3.63, 3.8) is 0 Å². The maximum Gasteiger partial charge on any atom is 0.265 e. The number of halogens is 5. The predicted octanol–water partition coefficient (Wildman–Crippen LogP) is 3.55. The van der Waals surface area contributed by atoms with Gasteiger partial charge in [-0.25, -0.2) is 13.8 Å². The first-order valence-corrected chi connectivity index (χ1v) is 4.16. The maximum absolute atomic E-state index is 12.7. The van der Waals surface area contributed by atoms with Gasteiger partial charge in [-0.3, -0.25) is 0 Å². The summed E-state index contributed by atoms with van der Waals surface area (Å²) in [6.45, 7) is 0. The van der Waals surface area contributed by atoms with Crippen molar-refractivity contribution in [2.24, 2.45) is 0 Å². The highest BCUT2D eigenvalue weighted by Crippen LogP contribution is 2.29. The fraction of sp³-hybridized carbons (Fsp3) is 0.286. The van der Waals surface area contributed by atoms with E-state index in [-0.39, 0.29) is 11.4 Å². The highest BCUT2D eigenvalue weighted by atomic mass is 35.5. The zero-order chi connectivity index (χ0) is 10.0. The molecule has 0 aliphatic carbocycles. The van der Waals surface area contributed by atoms with Crippen molar-refractivity contribution in [1.29, 1.82) is 0 Å². The van der Waals surface area contributed by atoms with Crippen LogP contribution in [0.1, 0.15) is 17.6 Å². The Balaban J connectivity index is 3.30. The number of rotatable bonds is 2. The lowest BCUT2D eigenvalue weighted by atomic mass is 10.2. The molecular weight excluding hydrogens is 226 g/mol. The molecule has 1 aromatic heterocycles. The van der Waals surface area contributed by atoms with Gasteiger partial charge in [0.25, 0.3) is 6.43 Å². The quantitative estimate of drug-likeness (QED) is 0.559. The molecule has 0 fully saturated rings. The van der Waals surface area contributed by atoms with Crippen LogP contribution in [-0.2, 0) is 5.88 Å². The molecule has 0 bridgehead atoms. The molecule has 1 nitrogen and oxygen atoms in total. The van der Waals surface area contributed by atoms with Crippen molar-refractivity contribution >= 4 is 23.2 Å². The van der Waals surface area contributed by atoms with Gasteiger partial charge in [0.2, 0.25) is 5.95 Å². The maximum atomic E-state index is 12.7. The SMILES string of the molecule is Fc1ncc(C(F)F)c(CCl)c1Cl. The summed E-state index contributed by atoms with van der Waals surface area (Å²) in [6.07, 6.45) is -2.01. The second kappa shape index (κ2) is 4.15. The molecule has 0 spiro atoms. The summed E-state index contributed by atoms with van der Waals surface area (Å²) in [7, 11) is 0. The molecule has 0 saturated carbocycles. The van der Waals surface area contributed by atoms with Crippen molar-refractivity contribution in [1.82, 2.24) is 4.98 Å². The Hall–Kier alpha value is -0.480. The molecular formula is C7H4Cl2F3N. The molecule has 0 aliphatic heterocycles. The topological polar surface area (TPSA) is 12.9 Å². The van der Waals surface area contributed by atoms with Crippen LogP contribution in [0, 0.1) is 5.95 Å². The van der Waals surface area contributed by atoms with E-state index in [1.165, 1.54) is 0 Å². The van der Waals surface area contributed by atoms with Crippen LogP contribution in [0.2, 0.25) is 5.02 Å². The van der Waals surface area contributed by atoms with E-state index in [9.17, 15) is 13.2 Å². The van der Waals surface area contributed by atoms with Gasteiger partial charge < -0.3 is 0 Å². The van der Waals surface area contributed by atoms with E-state index >= 15 is 0 Å². The summed E-state index contributed by atoms with van der Waals surface area (Å²) < 4.78 is 37.2. The summed E-state index contributed by atoms with van der Waals surface area (Å²) in [6, 6.07) is 0. The molecule has 1 aromatic rings. The third kappa shape index (κ3) is 2.06. The van der Waals surface area contributed by atoms with E-state index < -0.39 is 23.0 Å². The molecule has 13 heavy (non-hydrogen) atoms. The molecule has 0 atom stereocenters. The van der Waals surface area contributed by atoms with Gasteiger partial charge in [-0.05, 0) is 0 Å². The molecule has 0 saturated heterocycles. The lowest BCUT2D eigenvalue weighted by molar-refractivity contribution is 0.150. The van der Waals surface area contributed by atoms with Crippen molar-refractivity contribution in [2.45, 2.75) is 12.3 Å². The Labute approximate surface area is 82.5 Å². The smallest absolute Gasteiger partial charge is 0.226 e. The minimum Gasteiger partial charge on any atom is -0.226 e. The number of hydrogen-bond acceptors (Lipinski definition) is 1. The van der Waals surface area contributed by atoms with Crippen LogP contribution in [0.25, 0.3) is 0 Å². The summed E-state index contributed by atoms with van der Waals surface area (Å²) in [5.74, 6) is -1.25. The van der Waals surface area contributed by atoms with Gasteiger partial charge in [0.05, 0.1) is 0 Å². The Bertz CT molecular complexity index is 317. The zero-order valence-corrected chi connectivity index (χ0v) is 7.71. The van der Waals surface area contributed by atoms with Gasteiger partial charge in [-0.1, -0.05) is 11.6 Å². The molecule has 0 amide bonds. The second-order valence-corrected chi connectivity index (χ2v) is 2.88. The Morgan fingerprint density at radius 2 is 2.08 bits per heavy atom. The van der Waals surface area contributed by atoms with Crippen LogP contribution in [0.15, 0.2) is 6.20 Å². The number of pyridine rings is 1. The average Bonchev–Trinajstić information content (AvgIpc) is 2.09. The van der Waals surface area contributed by atoms with E-state index in [2.05, 4.69) is 4.98 Å².